The van der Waals surface area contributed by atoms with Gasteiger partial charge in [0.1, 0.15) is 16.4 Å². The Hall–Kier alpha value is -3.33. The van der Waals surface area contributed by atoms with E-state index in [-0.39, 0.29) is 17.1 Å². The first-order chi connectivity index (χ1) is 11.9. The molecular formula is C15H12ClN3O6. The van der Waals surface area contributed by atoms with Crippen LogP contribution in [0.4, 0.5) is 5.88 Å². The first-order valence-electron chi connectivity index (χ1n) is 6.77. The summed E-state index contributed by atoms with van der Waals surface area (Å²) in [7, 11) is 1.39. The summed E-state index contributed by atoms with van der Waals surface area (Å²) in [6.45, 7) is 0. The lowest BCUT2D eigenvalue weighted by Crippen LogP contribution is -2.40. The van der Waals surface area contributed by atoms with Crippen LogP contribution >= 0.6 is 11.6 Å². The van der Waals surface area contributed by atoms with Gasteiger partial charge >= 0.3 is 5.88 Å². The van der Waals surface area contributed by atoms with Crippen molar-refractivity contribution in [2.45, 2.75) is 0 Å². The summed E-state index contributed by atoms with van der Waals surface area (Å²) in [6, 6.07) is 6.95. The largest absolute Gasteiger partial charge is 0.496 e. The minimum absolute atomic E-state index is 0.115. The summed E-state index contributed by atoms with van der Waals surface area (Å²) in [4.78, 5) is 33.5. The number of rotatable bonds is 5. The van der Waals surface area contributed by atoms with Crippen LogP contribution in [0.5, 0.6) is 5.75 Å². The van der Waals surface area contributed by atoms with Crippen molar-refractivity contribution in [2.24, 2.45) is 0 Å². The van der Waals surface area contributed by atoms with E-state index in [1.54, 1.807) is 6.07 Å². The van der Waals surface area contributed by atoms with Crippen molar-refractivity contribution in [1.82, 2.24) is 10.9 Å². The van der Waals surface area contributed by atoms with Gasteiger partial charge in [0.05, 0.1) is 18.7 Å². The molecule has 0 fully saturated rings. The van der Waals surface area contributed by atoms with Crippen molar-refractivity contribution in [1.29, 1.82) is 0 Å². The molecule has 0 spiro atoms. The monoisotopic (exact) mass is 365 g/mol. The number of nitro groups is 1. The number of furan rings is 1. The van der Waals surface area contributed by atoms with Gasteiger partial charge in [-0.25, -0.2) is 0 Å². The van der Waals surface area contributed by atoms with Gasteiger partial charge in [0.15, 0.2) is 0 Å². The van der Waals surface area contributed by atoms with Gasteiger partial charge in [0.2, 0.25) is 0 Å². The van der Waals surface area contributed by atoms with Crippen LogP contribution in [0, 0.1) is 10.1 Å². The van der Waals surface area contributed by atoms with Crippen LogP contribution in [0.15, 0.2) is 40.8 Å². The van der Waals surface area contributed by atoms with Gasteiger partial charge < -0.3 is 9.15 Å². The van der Waals surface area contributed by atoms with Crippen molar-refractivity contribution in [3.8, 4) is 5.75 Å². The number of nitrogens with one attached hydrogen (secondary N) is 2. The summed E-state index contributed by atoms with van der Waals surface area (Å²) in [5.41, 5.74) is 4.48. The van der Waals surface area contributed by atoms with Gasteiger partial charge in [-0.15, -0.1) is 0 Å². The number of benzene rings is 1. The predicted molar refractivity (Wildman–Crippen MR) is 88.0 cm³/mol. The molecule has 0 unspecified atom stereocenters. The number of methoxy groups -OCH3 is 1. The maximum Gasteiger partial charge on any atom is 0.433 e. The summed E-state index contributed by atoms with van der Waals surface area (Å²) in [5.74, 6) is -1.34. The predicted octanol–water partition coefficient (Wildman–Crippen LogP) is 2.32. The zero-order chi connectivity index (χ0) is 18.4. The Morgan fingerprint density at radius 3 is 2.68 bits per heavy atom. The third kappa shape index (κ3) is 4.82. The summed E-state index contributed by atoms with van der Waals surface area (Å²) >= 11 is 5.83. The fourth-order valence-corrected chi connectivity index (χ4v) is 1.94. The Balaban J connectivity index is 1.95. The molecule has 1 aromatic heterocycles. The van der Waals surface area contributed by atoms with Gasteiger partial charge in [-0.2, -0.15) is 0 Å². The van der Waals surface area contributed by atoms with Crippen LogP contribution < -0.4 is 15.6 Å². The highest BCUT2D eigenvalue weighted by Crippen LogP contribution is 2.22. The lowest BCUT2D eigenvalue weighted by molar-refractivity contribution is -0.402. The zero-order valence-corrected chi connectivity index (χ0v) is 13.6. The average molecular weight is 366 g/mol. The third-order valence-corrected chi connectivity index (χ3v) is 3.13. The fraction of sp³-hybridized carbons (Fsp3) is 0.0667. The van der Waals surface area contributed by atoms with E-state index >= 15 is 0 Å². The number of carbonyl (C=O) groups excluding carboxylic acids is 2. The van der Waals surface area contributed by atoms with E-state index in [1.807, 2.05) is 0 Å². The van der Waals surface area contributed by atoms with E-state index in [4.69, 9.17) is 20.8 Å². The number of halogens is 1. The highest BCUT2D eigenvalue weighted by atomic mass is 35.5. The highest BCUT2D eigenvalue weighted by Gasteiger charge is 2.13. The molecular weight excluding hydrogens is 354 g/mol. The minimum Gasteiger partial charge on any atom is -0.496 e. The second-order valence-corrected chi connectivity index (χ2v) is 4.99. The second kappa shape index (κ2) is 7.97. The van der Waals surface area contributed by atoms with E-state index in [2.05, 4.69) is 10.9 Å². The Morgan fingerprint density at radius 2 is 2.04 bits per heavy atom. The van der Waals surface area contributed by atoms with Crippen molar-refractivity contribution in [3.05, 3.63) is 62.9 Å². The Bertz CT molecular complexity index is 846. The number of amides is 2. The maximum atomic E-state index is 12.1. The lowest BCUT2D eigenvalue weighted by Gasteiger charge is -2.09. The molecule has 0 saturated carbocycles. The lowest BCUT2D eigenvalue weighted by atomic mass is 10.2. The molecule has 1 aromatic carbocycles. The molecule has 2 rings (SSSR count). The van der Waals surface area contributed by atoms with E-state index in [9.17, 15) is 19.7 Å². The standard InChI is InChI=1S/C15H12ClN3O6/c1-24-12-5-2-9(16)8-11(12)15(21)18-17-13(20)6-3-10-4-7-14(25-10)19(22)23/h2-8H,1H3,(H,17,20)(H,18,21)/b6-3+. The maximum absolute atomic E-state index is 12.1. The molecule has 25 heavy (non-hydrogen) atoms. The van der Waals surface area contributed by atoms with Crippen LogP contribution in [0.25, 0.3) is 6.08 Å². The van der Waals surface area contributed by atoms with Gasteiger partial charge in [-0.1, -0.05) is 11.6 Å². The van der Waals surface area contributed by atoms with Gasteiger partial charge in [0, 0.05) is 11.1 Å². The summed E-state index contributed by atoms with van der Waals surface area (Å²) in [6.07, 6.45) is 2.26. The number of ether oxygens (including phenoxy) is 1. The number of hydrazine groups is 1. The Labute approximate surface area is 146 Å². The number of hydrogen-bond acceptors (Lipinski definition) is 6. The van der Waals surface area contributed by atoms with Gasteiger partial charge in [-0.3, -0.25) is 30.6 Å². The number of hydrogen-bond donors (Lipinski definition) is 2. The molecule has 2 amide bonds. The average Bonchev–Trinajstić information content (AvgIpc) is 3.07. The third-order valence-electron chi connectivity index (χ3n) is 2.90. The molecule has 0 aliphatic rings. The van der Waals surface area contributed by atoms with Crippen molar-refractivity contribution >= 4 is 35.4 Å². The molecule has 130 valence electrons. The van der Waals surface area contributed by atoms with Crippen LogP contribution in [-0.2, 0) is 4.79 Å². The van der Waals surface area contributed by atoms with Crippen molar-refractivity contribution < 1.29 is 23.7 Å². The van der Waals surface area contributed by atoms with E-state index in [0.29, 0.717) is 5.02 Å². The molecule has 10 heteroatoms. The highest BCUT2D eigenvalue weighted by molar-refractivity contribution is 6.31. The Morgan fingerprint density at radius 1 is 1.28 bits per heavy atom. The molecule has 0 radical (unpaired) electrons. The molecule has 0 saturated heterocycles. The van der Waals surface area contributed by atoms with Gasteiger partial charge in [0.25, 0.3) is 11.8 Å². The molecule has 2 aromatic rings. The normalized spacial score (nSPS) is 10.5. The van der Waals surface area contributed by atoms with Crippen LogP contribution in [0.1, 0.15) is 16.1 Å². The summed E-state index contributed by atoms with van der Waals surface area (Å²) < 4.78 is 9.89. The molecule has 0 aliphatic heterocycles. The van der Waals surface area contributed by atoms with E-state index in [1.165, 1.54) is 31.4 Å². The summed E-state index contributed by atoms with van der Waals surface area (Å²) in [5, 5.41) is 10.8. The molecule has 2 N–H and O–H groups in total. The number of carbonyl (C=O) groups is 2. The van der Waals surface area contributed by atoms with Gasteiger partial charge in [-0.05, 0) is 30.3 Å². The van der Waals surface area contributed by atoms with Crippen LogP contribution in [-0.4, -0.2) is 23.8 Å². The van der Waals surface area contributed by atoms with Crippen LogP contribution in [0.3, 0.4) is 0 Å². The smallest absolute Gasteiger partial charge is 0.433 e. The SMILES string of the molecule is COc1ccc(Cl)cc1C(=O)NNC(=O)/C=C/c1ccc([N+](=O)[O-])o1. The van der Waals surface area contributed by atoms with Crippen molar-refractivity contribution in [3.63, 3.8) is 0 Å². The van der Waals surface area contributed by atoms with Crippen LogP contribution in [0.2, 0.25) is 5.02 Å². The van der Waals surface area contributed by atoms with Crippen molar-refractivity contribution in [2.75, 3.05) is 7.11 Å². The molecule has 0 atom stereocenters. The number of nitrogens with zero attached hydrogens (tertiary/aromatic N) is 1. The second-order valence-electron chi connectivity index (χ2n) is 4.55. The molecule has 1 heterocycles. The first kappa shape index (κ1) is 18.0. The van der Waals surface area contributed by atoms with E-state index < -0.39 is 22.6 Å². The fourth-order valence-electron chi connectivity index (χ4n) is 1.77. The Kier molecular flexibility index (Phi) is 5.75. The molecule has 9 nitrogen and oxygen atoms in total. The molecule has 0 bridgehead atoms. The zero-order valence-electron chi connectivity index (χ0n) is 12.8. The first-order valence-corrected chi connectivity index (χ1v) is 7.14. The van der Waals surface area contributed by atoms with E-state index in [0.717, 1.165) is 12.1 Å². The topological polar surface area (TPSA) is 124 Å². The molecule has 0 aliphatic carbocycles. The minimum atomic E-state index is -0.698. The quantitative estimate of drug-likeness (QED) is 0.476.